The fourth-order valence-corrected chi connectivity index (χ4v) is 4.06. The SMILES string of the molecule is CC(C)c1cc(Br)ccc1OCC1CCC2(CCCC2)O1. The average molecular weight is 353 g/mol. The Hall–Kier alpha value is -0.540. The van der Waals surface area contributed by atoms with E-state index >= 15 is 0 Å². The lowest BCUT2D eigenvalue weighted by Crippen LogP contribution is -2.27. The van der Waals surface area contributed by atoms with Gasteiger partial charge in [-0.3, -0.25) is 0 Å². The smallest absolute Gasteiger partial charge is 0.122 e. The molecule has 0 bridgehead atoms. The van der Waals surface area contributed by atoms with Crippen LogP contribution >= 0.6 is 15.9 Å². The zero-order valence-corrected chi connectivity index (χ0v) is 14.6. The van der Waals surface area contributed by atoms with Gasteiger partial charge in [-0.15, -0.1) is 0 Å². The normalized spacial score (nSPS) is 24.1. The lowest BCUT2D eigenvalue weighted by Gasteiger charge is -2.24. The topological polar surface area (TPSA) is 18.5 Å². The van der Waals surface area contributed by atoms with Crippen LogP contribution in [0.1, 0.15) is 63.9 Å². The lowest BCUT2D eigenvalue weighted by atomic mass is 9.98. The van der Waals surface area contributed by atoms with Crippen LogP contribution in [0.2, 0.25) is 0 Å². The fourth-order valence-electron chi connectivity index (χ4n) is 3.68. The van der Waals surface area contributed by atoms with Crippen molar-refractivity contribution in [2.75, 3.05) is 6.61 Å². The summed E-state index contributed by atoms with van der Waals surface area (Å²) in [5, 5.41) is 0. The first-order valence-corrected chi connectivity index (χ1v) is 8.97. The molecule has 0 radical (unpaired) electrons. The third-order valence-electron chi connectivity index (χ3n) is 4.87. The quantitative estimate of drug-likeness (QED) is 0.717. The van der Waals surface area contributed by atoms with Crippen molar-refractivity contribution < 1.29 is 9.47 Å². The van der Waals surface area contributed by atoms with Crippen LogP contribution in [0.3, 0.4) is 0 Å². The largest absolute Gasteiger partial charge is 0.491 e. The van der Waals surface area contributed by atoms with Gasteiger partial charge in [0, 0.05) is 4.47 Å². The van der Waals surface area contributed by atoms with E-state index < -0.39 is 0 Å². The second kappa shape index (κ2) is 6.29. The molecule has 1 aliphatic heterocycles. The Labute approximate surface area is 136 Å². The number of ether oxygens (including phenoxy) is 2. The van der Waals surface area contributed by atoms with Crippen LogP contribution in [0.15, 0.2) is 22.7 Å². The Morgan fingerprint density at radius 2 is 2.05 bits per heavy atom. The third kappa shape index (κ3) is 3.45. The molecule has 0 N–H and O–H groups in total. The first kappa shape index (κ1) is 15.4. The van der Waals surface area contributed by atoms with Crippen LogP contribution in [0, 0.1) is 0 Å². The van der Waals surface area contributed by atoms with E-state index in [1.54, 1.807) is 0 Å². The van der Waals surface area contributed by atoms with Gasteiger partial charge < -0.3 is 9.47 Å². The van der Waals surface area contributed by atoms with Gasteiger partial charge in [-0.2, -0.15) is 0 Å². The molecule has 1 saturated heterocycles. The minimum atomic E-state index is 0.203. The number of hydrogen-bond acceptors (Lipinski definition) is 2. The van der Waals surface area contributed by atoms with Gasteiger partial charge in [0.05, 0.1) is 11.7 Å². The van der Waals surface area contributed by atoms with Crippen molar-refractivity contribution in [1.29, 1.82) is 0 Å². The predicted molar refractivity (Wildman–Crippen MR) is 89.0 cm³/mol. The molecule has 1 aromatic carbocycles. The van der Waals surface area contributed by atoms with Crippen LogP contribution in [0.4, 0.5) is 0 Å². The molecule has 1 aromatic rings. The molecule has 2 nitrogen and oxygen atoms in total. The molecule has 3 heteroatoms. The molecule has 1 spiro atoms. The van der Waals surface area contributed by atoms with Crippen LogP contribution in [0.25, 0.3) is 0 Å². The highest BCUT2D eigenvalue weighted by molar-refractivity contribution is 9.10. The Morgan fingerprint density at radius 1 is 1.29 bits per heavy atom. The van der Waals surface area contributed by atoms with Gasteiger partial charge in [0.25, 0.3) is 0 Å². The van der Waals surface area contributed by atoms with Gasteiger partial charge in [-0.05, 0) is 55.4 Å². The number of halogens is 1. The van der Waals surface area contributed by atoms with E-state index in [1.165, 1.54) is 37.7 Å². The van der Waals surface area contributed by atoms with E-state index in [2.05, 4.69) is 48.0 Å². The van der Waals surface area contributed by atoms with E-state index in [9.17, 15) is 0 Å². The average Bonchev–Trinajstić information content (AvgIpc) is 3.08. The van der Waals surface area contributed by atoms with Gasteiger partial charge in [-0.25, -0.2) is 0 Å². The van der Waals surface area contributed by atoms with Crippen LogP contribution < -0.4 is 4.74 Å². The van der Waals surface area contributed by atoms with E-state index in [4.69, 9.17) is 9.47 Å². The number of rotatable bonds is 4. The van der Waals surface area contributed by atoms with Crippen molar-refractivity contribution in [1.82, 2.24) is 0 Å². The minimum absolute atomic E-state index is 0.203. The first-order valence-electron chi connectivity index (χ1n) is 8.18. The monoisotopic (exact) mass is 352 g/mol. The molecule has 1 unspecified atom stereocenters. The molecule has 2 fully saturated rings. The maximum atomic E-state index is 6.32. The molecule has 116 valence electrons. The molecule has 1 heterocycles. The zero-order chi connectivity index (χ0) is 14.9. The summed E-state index contributed by atoms with van der Waals surface area (Å²) in [5.74, 6) is 1.47. The van der Waals surface area contributed by atoms with E-state index in [0.29, 0.717) is 12.5 Å². The summed E-state index contributed by atoms with van der Waals surface area (Å²) in [6.45, 7) is 5.09. The molecule has 2 aliphatic rings. The highest BCUT2D eigenvalue weighted by Crippen LogP contribution is 2.43. The van der Waals surface area contributed by atoms with Crippen molar-refractivity contribution in [3.63, 3.8) is 0 Å². The maximum Gasteiger partial charge on any atom is 0.122 e. The molecule has 1 saturated carbocycles. The second-order valence-corrected chi connectivity index (χ2v) is 7.73. The number of benzene rings is 1. The fraction of sp³-hybridized carbons (Fsp3) is 0.667. The van der Waals surface area contributed by atoms with Crippen molar-refractivity contribution in [3.8, 4) is 5.75 Å². The van der Waals surface area contributed by atoms with Gasteiger partial charge in [0.1, 0.15) is 12.4 Å². The summed E-state index contributed by atoms with van der Waals surface area (Å²) >= 11 is 3.54. The Morgan fingerprint density at radius 3 is 2.76 bits per heavy atom. The predicted octanol–water partition coefficient (Wildman–Crippen LogP) is 5.44. The van der Waals surface area contributed by atoms with Crippen LogP contribution in [-0.4, -0.2) is 18.3 Å². The zero-order valence-electron chi connectivity index (χ0n) is 13.0. The third-order valence-corrected chi connectivity index (χ3v) is 5.37. The summed E-state index contributed by atoms with van der Waals surface area (Å²) in [6.07, 6.45) is 7.80. The highest BCUT2D eigenvalue weighted by atomic mass is 79.9. The lowest BCUT2D eigenvalue weighted by molar-refractivity contribution is -0.0509. The summed E-state index contributed by atoms with van der Waals surface area (Å²) in [5.41, 5.74) is 1.46. The maximum absolute atomic E-state index is 6.32. The summed E-state index contributed by atoms with van der Waals surface area (Å²) in [6, 6.07) is 6.28. The molecule has 0 aromatic heterocycles. The summed E-state index contributed by atoms with van der Waals surface area (Å²) < 4.78 is 13.5. The molecule has 1 aliphatic carbocycles. The molecular formula is C18H25BrO2. The first-order chi connectivity index (χ1) is 10.1. The van der Waals surface area contributed by atoms with Crippen molar-refractivity contribution >= 4 is 15.9 Å². The van der Waals surface area contributed by atoms with E-state index in [0.717, 1.165) is 16.6 Å². The number of hydrogen-bond donors (Lipinski definition) is 0. The van der Waals surface area contributed by atoms with Crippen LogP contribution in [-0.2, 0) is 4.74 Å². The van der Waals surface area contributed by atoms with Crippen LogP contribution in [0.5, 0.6) is 5.75 Å². The van der Waals surface area contributed by atoms with Gasteiger partial charge in [0.2, 0.25) is 0 Å². The Kier molecular flexibility index (Phi) is 4.60. The van der Waals surface area contributed by atoms with Crippen molar-refractivity contribution in [2.45, 2.75) is 70.0 Å². The minimum Gasteiger partial charge on any atom is -0.491 e. The molecule has 0 amide bonds. The Balaban J connectivity index is 1.61. The van der Waals surface area contributed by atoms with Gasteiger partial charge in [0.15, 0.2) is 0 Å². The standard InChI is InChI=1S/C18H25BrO2/c1-13(2)16-11-14(19)5-6-17(16)20-12-15-7-10-18(21-15)8-3-4-9-18/h5-6,11,13,15H,3-4,7-10,12H2,1-2H3. The second-order valence-electron chi connectivity index (χ2n) is 6.82. The molecule has 21 heavy (non-hydrogen) atoms. The molecular weight excluding hydrogens is 328 g/mol. The summed E-state index contributed by atoms with van der Waals surface area (Å²) in [7, 11) is 0. The van der Waals surface area contributed by atoms with Crippen molar-refractivity contribution in [2.24, 2.45) is 0 Å². The highest BCUT2D eigenvalue weighted by Gasteiger charge is 2.42. The summed E-state index contributed by atoms with van der Waals surface area (Å²) in [4.78, 5) is 0. The van der Waals surface area contributed by atoms with E-state index in [-0.39, 0.29) is 11.7 Å². The van der Waals surface area contributed by atoms with Gasteiger partial charge >= 0.3 is 0 Å². The Bertz CT molecular complexity index is 492. The van der Waals surface area contributed by atoms with Crippen molar-refractivity contribution in [3.05, 3.63) is 28.2 Å². The van der Waals surface area contributed by atoms with E-state index in [1.807, 2.05) is 0 Å². The van der Waals surface area contributed by atoms with Gasteiger partial charge in [-0.1, -0.05) is 42.6 Å². The molecule has 3 rings (SSSR count). The molecule has 1 atom stereocenters.